The highest BCUT2D eigenvalue weighted by atomic mass is 16.5. The molecule has 0 amide bonds. The van der Waals surface area contributed by atoms with Gasteiger partial charge in [-0.3, -0.25) is 0 Å². The van der Waals surface area contributed by atoms with Gasteiger partial charge in [0, 0.05) is 19.6 Å². The van der Waals surface area contributed by atoms with E-state index in [1.807, 2.05) is 0 Å². The van der Waals surface area contributed by atoms with Gasteiger partial charge < -0.3 is 10.5 Å². The molecule has 1 unspecified atom stereocenters. The average molecular weight is 249 g/mol. The summed E-state index contributed by atoms with van der Waals surface area (Å²) in [4.78, 5) is 0. The van der Waals surface area contributed by atoms with Gasteiger partial charge in [0.25, 0.3) is 0 Å². The lowest BCUT2D eigenvalue weighted by molar-refractivity contribution is 0.00396. The van der Waals surface area contributed by atoms with Crippen LogP contribution >= 0.6 is 0 Å². The summed E-state index contributed by atoms with van der Waals surface area (Å²) >= 11 is 0. The zero-order valence-corrected chi connectivity index (χ0v) is 11.3. The second-order valence-corrected chi connectivity index (χ2v) is 4.82. The van der Waals surface area contributed by atoms with Gasteiger partial charge in [-0.1, -0.05) is 18.2 Å². The number of hydrazine groups is 1. The van der Waals surface area contributed by atoms with Crippen LogP contribution < -0.4 is 11.2 Å². The van der Waals surface area contributed by atoms with Gasteiger partial charge in [-0.05, 0) is 30.5 Å². The van der Waals surface area contributed by atoms with Gasteiger partial charge in [-0.2, -0.15) is 0 Å². The zero-order valence-electron chi connectivity index (χ0n) is 11.3. The molecule has 1 heterocycles. The summed E-state index contributed by atoms with van der Waals surface area (Å²) in [6.45, 7) is 8.30. The average Bonchev–Trinajstić information content (AvgIpc) is 2.38. The first-order chi connectivity index (χ1) is 8.72. The van der Waals surface area contributed by atoms with Crippen molar-refractivity contribution in [3.05, 3.63) is 34.9 Å². The molecular weight excluding hydrogens is 226 g/mol. The second-order valence-electron chi connectivity index (χ2n) is 4.82. The fourth-order valence-electron chi connectivity index (χ4n) is 2.52. The number of aryl methyl sites for hydroxylation is 2. The smallest absolute Gasteiger partial charge is 0.0608 e. The van der Waals surface area contributed by atoms with E-state index in [2.05, 4.69) is 42.5 Å². The predicted molar refractivity (Wildman–Crippen MR) is 73.2 cm³/mol. The van der Waals surface area contributed by atoms with Crippen LogP contribution in [-0.4, -0.2) is 37.9 Å². The predicted octanol–water partition coefficient (Wildman–Crippen LogP) is 1.14. The lowest BCUT2D eigenvalue weighted by Gasteiger charge is -2.32. The summed E-state index contributed by atoms with van der Waals surface area (Å²) in [7, 11) is 0. The Morgan fingerprint density at radius 1 is 1.28 bits per heavy atom. The molecule has 0 saturated carbocycles. The van der Waals surface area contributed by atoms with Gasteiger partial charge in [0.2, 0.25) is 0 Å². The van der Waals surface area contributed by atoms with Crippen molar-refractivity contribution >= 4 is 0 Å². The molecule has 4 heteroatoms. The van der Waals surface area contributed by atoms with Crippen molar-refractivity contribution in [1.82, 2.24) is 10.4 Å². The largest absolute Gasteiger partial charge is 0.379 e. The van der Waals surface area contributed by atoms with Crippen LogP contribution in [0.4, 0.5) is 0 Å². The molecule has 0 aromatic heterocycles. The van der Waals surface area contributed by atoms with E-state index in [1.165, 1.54) is 16.7 Å². The van der Waals surface area contributed by atoms with Gasteiger partial charge in [0.1, 0.15) is 0 Å². The number of ether oxygens (including phenoxy) is 1. The van der Waals surface area contributed by atoms with Crippen molar-refractivity contribution < 1.29 is 4.74 Å². The number of nitrogens with two attached hydrogens (primary N) is 1. The fraction of sp³-hybridized carbons (Fsp3) is 0.571. The molecule has 1 fully saturated rings. The summed E-state index contributed by atoms with van der Waals surface area (Å²) in [6, 6.07) is 6.57. The first-order valence-electron chi connectivity index (χ1n) is 6.57. The number of rotatable bonds is 4. The quantitative estimate of drug-likeness (QED) is 0.840. The molecule has 1 aromatic rings. The molecule has 0 bridgehead atoms. The van der Waals surface area contributed by atoms with E-state index in [0.29, 0.717) is 6.54 Å². The van der Waals surface area contributed by atoms with Gasteiger partial charge >= 0.3 is 0 Å². The molecule has 1 aliphatic rings. The summed E-state index contributed by atoms with van der Waals surface area (Å²) in [5, 5.41) is 2.22. The Labute approximate surface area is 109 Å². The SMILES string of the molecule is Cc1cccc(C)c1C(CN)NN1CCOCC1. The number of nitrogens with one attached hydrogen (secondary N) is 1. The van der Waals surface area contributed by atoms with E-state index in [1.54, 1.807) is 0 Å². The molecule has 1 aromatic carbocycles. The maximum Gasteiger partial charge on any atom is 0.0608 e. The minimum absolute atomic E-state index is 0.185. The first kappa shape index (κ1) is 13.5. The van der Waals surface area contributed by atoms with E-state index in [4.69, 9.17) is 10.5 Å². The summed E-state index contributed by atoms with van der Waals surface area (Å²) < 4.78 is 5.36. The van der Waals surface area contributed by atoms with Crippen molar-refractivity contribution in [3.8, 4) is 0 Å². The standard InChI is InChI=1S/C14H23N3O/c1-11-4-3-5-12(2)14(11)13(10-15)16-17-6-8-18-9-7-17/h3-5,13,16H,6-10,15H2,1-2H3. The van der Waals surface area contributed by atoms with Crippen LogP contribution in [0.1, 0.15) is 22.7 Å². The first-order valence-corrected chi connectivity index (χ1v) is 6.57. The highest BCUT2D eigenvalue weighted by Crippen LogP contribution is 2.21. The molecule has 1 atom stereocenters. The van der Waals surface area contributed by atoms with E-state index in [0.717, 1.165) is 26.3 Å². The Bertz CT molecular complexity index is 368. The van der Waals surface area contributed by atoms with Crippen molar-refractivity contribution in [1.29, 1.82) is 0 Å². The highest BCUT2D eigenvalue weighted by Gasteiger charge is 2.18. The zero-order chi connectivity index (χ0) is 13.0. The lowest BCUT2D eigenvalue weighted by Crippen LogP contribution is -2.49. The normalized spacial score (nSPS) is 18.8. The van der Waals surface area contributed by atoms with Crippen molar-refractivity contribution in [3.63, 3.8) is 0 Å². The summed E-state index contributed by atoms with van der Waals surface area (Å²) in [5.41, 5.74) is 13.4. The Kier molecular flexibility index (Phi) is 4.72. The lowest BCUT2D eigenvalue weighted by atomic mass is 9.96. The Morgan fingerprint density at radius 3 is 2.44 bits per heavy atom. The van der Waals surface area contributed by atoms with Crippen molar-refractivity contribution in [2.75, 3.05) is 32.8 Å². The van der Waals surface area contributed by atoms with Gasteiger partial charge in [-0.25, -0.2) is 10.4 Å². The van der Waals surface area contributed by atoms with Gasteiger partial charge in [-0.15, -0.1) is 0 Å². The van der Waals surface area contributed by atoms with Crippen molar-refractivity contribution in [2.45, 2.75) is 19.9 Å². The molecule has 1 saturated heterocycles. The summed E-state index contributed by atoms with van der Waals surface area (Å²) in [5.74, 6) is 0. The Morgan fingerprint density at radius 2 is 1.89 bits per heavy atom. The molecule has 4 nitrogen and oxygen atoms in total. The minimum atomic E-state index is 0.185. The van der Waals surface area contributed by atoms with E-state index < -0.39 is 0 Å². The van der Waals surface area contributed by atoms with Crippen molar-refractivity contribution in [2.24, 2.45) is 5.73 Å². The topological polar surface area (TPSA) is 50.5 Å². The molecule has 0 spiro atoms. The molecule has 100 valence electrons. The van der Waals surface area contributed by atoms with Gasteiger partial charge in [0.15, 0.2) is 0 Å². The van der Waals surface area contributed by atoms with Crippen LogP contribution in [0.5, 0.6) is 0 Å². The van der Waals surface area contributed by atoms with Crippen LogP contribution in [0.25, 0.3) is 0 Å². The summed E-state index contributed by atoms with van der Waals surface area (Å²) in [6.07, 6.45) is 0. The third kappa shape index (κ3) is 3.09. The second kappa shape index (κ2) is 6.29. The van der Waals surface area contributed by atoms with E-state index in [9.17, 15) is 0 Å². The number of hydrogen-bond acceptors (Lipinski definition) is 4. The minimum Gasteiger partial charge on any atom is -0.379 e. The molecular formula is C14H23N3O. The Balaban J connectivity index is 2.12. The van der Waals surface area contributed by atoms with Crippen LogP contribution in [0, 0.1) is 13.8 Å². The molecule has 3 N–H and O–H groups in total. The third-order valence-electron chi connectivity index (χ3n) is 3.48. The molecule has 0 radical (unpaired) electrons. The number of nitrogens with zero attached hydrogens (tertiary/aromatic N) is 1. The van der Waals surface area contributed by atoms with Crippen LogP contribution in [0.2, 0.25) is 0 Å². The monoisotopic (exact) mass is 249 g/mol. The molecule has 0 aliphatic carbocycles. The molecule has 1 aliphatic heterocycles. The fourth-order valence-corrected chi connectivity index (χ4v) is 2.52. The number of hydrogen-bond donors (Lipinski definition) is 2. The van der Waals surface area contributed by atoms with Gasteiger partial charge in [0.05, 0.1) is 19.3 Å². The highest BCUT2D eigenvalue weighted by molar-refractivity contribution is 5.36. The maximum atomic E-state index is 5.94. The van der Waals surface area contributed by atoms with Crippen LogP contribution in [0.15, 0.2) is 18.2 Å². The van der Waals surface area contributed by atoms with Crippen LogP contribution in [-0.2, 0) is 4.74 Å². The molecule has 2 rings (SSSR count). The number of morpholine rings is 1. The Hall–Kier alpha value is -0.940. The molecule has 18 heavy (non-hydrogen) atoms. The third-order valence-corrected chi connectivity index (χ3v) is 3.48. The van der Waals surface area contributed by atoms with E-state index >= 15 is 0 Å². The van der Waals surface area contributed by atoms with E-state index in [-0.39, 0.29) is 6.04 Å². The van der Waals surface area contributed by atoms with Crippen LogP contribution in [0.3, 0.4) is 0 Å². The maximum absolute atomic E-state index is 5.94. The number of benzene rings is 1.